The van der Waals surface area contributed by atoms with E-state index in [0.717, 1.165) is 11.3 Å². The Balaban J connectivity index is 2.55. The third-order valence-electron chi connectivity index (χ3n) is 2.67. The first-order valence-corrected chi connectivity index (χ1v) is 6.15. The Kier molecular flexibility index (Phi) is 3.30. The van der Waals surface area contributed by atoms with Crippen LogP contribution in [0, 0.1) is 10.5 Å². The van der Waals surface area contributed by atoms with Gasteiger partial charge in [-0.05, 0) is 30.3 Å². The zero-order valence-corrected chi connectivity index (χ0v) is 11.4. The van der Waals surface area contributed by atoms with Crippen LogP contribution >= 0.6 is 12.2 Å². The molecule has 0 aliphatic heterocycles. The van der Waals surface area contributed by atoms with Crippen LogP contribution in [0.25, 0.3) is 11.4 Å². The molecule has 0 aliphatic carbocycles. The van der Waals surface area contributed by atoms with Crippen LogP contribution in [0.1, 0.15) is 26.5 Å². The van der Waals surface area contributed by atoms with Gasteiger partial charge in [-0.25, -0.2) is 9.37 Å². The highest BCUT2D eigenvalue weighted by molar-refractivity contribution is 7.71. The summed E-state index contributed by atoms with van der Waals surface area (Å²) in [6, 6.07) is 8.07. The minimum Gasteiger partial charge on any atom is -0.343 e. The number of nitrogens with one attached hydrogen (secondary N) is 1. The van der Waals surface area contributed by atoms with E-state index in [2.05, 4.69) is 30.7 Å². The van der Waals surface area contributed by atoms with E-state index in [1.165, 1.54) is 12.1 Å². The van der Waals surface area contributed by atoms with Crippen LogP contribution in [-0.4, -0.2) is 9.97 Å². The number of nitrogens with zero attached hydrogens (tertiary/aromatic N) is 1. The fourth-order valence-corrected chi connectivity index (χ4v) is 1.82. The second-order valence-corrected chi connectivity index (χ2v) is 5.66. The van der Waals surface area contributed by atoms with Gasteiger partial charge in [-0.2, -0.15) is 0 Å². The number of hydrogen-bond donors (Lipinski definition) is 1. The molecule has 0 radical (unpaired) electrons. The van der Waals surface area contributed by atoms with E-state index in [9.17, 15) is 4.39 Å². The Morgan fingerprint density at radius 2 is 1.78 bits per heavy atom. The highest BCUT2D eigenvalue weighted by atomic mass is 32.1. The summed E-state index contributed by atoms with van der Waals surface area (Å²) in [5.74, 6) is 0.414. The molecular formula is C14H15FN2S. The first-order valence-electron chi connectivity index (χ1n) is 5.74. The van der Waals surface area contributed by atoms with Crippen LogP contribution in [0.15, 0.2) is 30.3 Å². The monoisotopic (exact) mass is 262 g/mol. The molecule has 18 heavy (non-hydrogen) atoms. The molecule has 1 N–H and O–H groups in total. The van der Waals surface area contributed by atoms with E-state index in [1.54, 1.807) is 12.1 Å². The van der Waals surface area contributed by atoms with Crippen LogP contribution in [0.5, 0.6) is 0 Å². The van der Waals surface area contributed by atoms with Crippen molar-refractivity contribution in [3.63, 3.8) is 0 Å². The van der Waals surface area contributed by atoms with Gasteiger partial charge in [-0.3, -0.25) is 0 Å². The topological polar surface area (TPSA) is 28.7 Å². The van der Waals surface area contributed by atoms with Crippen LogP contribution in [0.3, 0.4) is 0 Å². The van der Waals surface area contributed by atoms with Crippen molar-refractivity contribution in [1.82, 2.24) is 9.97 Å². The Labute approximate surface area is 111 Å². The lowest BCUT2D eigenvalue weighted by Crippen LogP contribution is -2.14. The molecule has 1 aromatic heterocycles. The normalized spacial score (nSPS) is 11.6. The van der Waals surface area contributed by atoms with Gasteiger partial charge in [-0.15, -0.1) is 0 Å². The Bertz CT molecular complexity index is 609. The molecule has 0 fully saturated rings. The highest BCUT2D eigenvalue weighted by Gasteiger charge is 2.15. The van der Waals surface area contributed by atoms with Crippen LogP contribution in [-0.2, 0) is 5.41 Å². The van der Waals surface area contributed by atoms with Crippen molar-refractivity contribution in [2.75, 3.05) is 0 Å². The average molecular weight is 262 g/mol. The van der Waals surface area contributed by atoms with E-state index in [1.807, 2.05) is 6.07 Å². The number of hydrogen-bond acceptors (Lipinski definition) is 2. The maximum atomic E-state index is 12.9. The summed E-state index contributed by atoms with van der Waals surface area (Å²) < 4.78 is 13.4. The van der Waals surface area contributed by atoms with Gasteiger partial charge in [-0.1, -0.05) is 33.0 Å². The highest BCUT2D eigenvalue weighted by Crippen LogP contribution is 2.23. The molecule has 2 nitrogen and oxygen atoms in total. The number of H-pyrrole nitrogens is 1. The van der Waals surface area contributed by atoms with Crippen molar-refractivity contribution in [2.24, 2.45) is 0 Å². The lowest BCUT2D eigenvalue weighted by molar-refractivity contribution is 0.567. The van der Waals surface area contributed by atoms with Crippen molar-refractivity contribution in [3.05, 3.63) is 46.5 Å². The predicted molar refractivity (Wildman–Crippen MR) is 73.5 cm³/mol. The largest absolute Gasteiger partial charge is 0.343 e. The van der Waals surface area contributed by atoms with Gasteiger partial charge in [0, 0.05) is 16.7 Å². The summed E-state index contributed by atoms with van der Waals surface area (Å²) >= 11 is 5.18. The van der Waals surface area contributed by atoms with E-state index in [0.29, 0.717) is 10.5 Å². The number of aromatic amines is 1. The first-order chi connectivity index (χ1) is 8.36. The minimum absolute atomic E-state index is 0.0364. The molecule has 2 rings (SSSR count). The standard InChI is InChI=1S/C14H15FN2S/c1-14(2,3)11-8-12(18)17-13(16-11)9-4-6-10(15)7-5-9/h4-8H,1-3H3,(H,16,17,18). The van der Waals surface area contributed by atoms with Gasteiger partial charge >= 0.3 is 0 Å². The van der Waals surface area contributed by atoms with Gasteiger partial charge in [0.25, 0.3) is 0 Å². The summed E-state index contributed by atoms with van der Waals surface area (Å²) in [7, 11) is 0. The van der Waals surface area contributed by atoms with E-state index >= 15 is 0 Å². The lowest BCUT2D eigenvalue weighted by atomic mass is 9.92. The Morgan fingerprint density at radius 3 is 2.33 bits per heavy atom. The molecule has 0 spiro atoms. The second-order valence-electron chi connectivity index (χ2n) is 5.24. The van der Waals surface area contributed by atoms with Gasteiger partial charge in [0.1, 0.15) is 16.3 Å². The molecule has 94 valence electrons. The van der Waals surface area contributed by atoms with Crippen LogP contribution in [0.4, 0.5) is 4.39 Å². The second kappa shape index (κ2) is 4.61. The summed E-state index contributed by atoms with van der Waals surface area (Å²) in [6.45, 7) is 6.30. The van der Waals surface area contributed by atoms with Crippen LogP contribution < -0.4 is 0 Å². The van der Waals surface area contributed by atoms with E-state index in [-0.39, 0.29) is 11.2 Å². The SMILES string of the molecule is CC(C)(C)c1cc(=S)nc(-c2ccc(F)cc2)[nH]1. The van der Waals surface area contributed by atoms with Gasteiger partial charge in [0.05, 0.1) is 0 Å². The Hall–Kier alpha value is -1.55. The Morgan fingerprint density at radius 1 is 1.17 bits per heavy atom. The maximum absolute atomic E-state index is 12.9. The number of halogens is 1. The van der Waals surface area contributed by atoms with Crippen LogP contribution in [0.2, 0.25) is 0 Å². The first kappa shape index (κ1) is 12.9. The molecule has 0 aliphatic rings. The van der Waals surface area contributed by atoms with Crippen molar-refractivity contribution in [3.8, 4) is 11.4 Å². The average Bonchev–Trinajstić information content (AvgIpc) is 2.28. The van der Waals surface area contributed by atoms with Crippen molar-refractivity contribution < 1.29 is 4.39 Å². The van der Waals surface area contributed by atoms with Gasteiger partial charge < -0.3 is 4.98 Å². The zero-order chi connectivity index (χ0) is 13.3. The maximum Gasteiger partial charge on any atom is 0.139 e. The van der Waals surface area contributed by atoms with Gasteiger partial charge in [0.15, 0.2) is 0 Å². The molecule has 0 amide bonds. The molecule has 0 atom stereocenters. The molecule has 1 aromatic carbocycles. The molecule has 0 saturated carbocycles. The smallest absolute Gasteiger partial charge is 0.139 e. The zero-order valence-electron chi connectivity index (χ0n) is 10.6. The summed E-state index contributed by atoms with van der Waals surface area (Å²) in [5, 5.41) is 0. The molecule has 2 aromatic rings. The molecule has 1 heterocycles. The third kappa shape index (κ3) is 2.82. The van der Waals surface area contributed by atoms with Gasteiger partial charge in [0.2, 0.25) is 0 Å². The third-order valence-corrected chi connectivity index (χ3v) is 2.88. The summed E-state index contributed by atoms with van der Waals surface area (Å²) in [5.41, 5.74) is 1.81. The molecule has 0 bridgehead atoms. The quantitative estimate of drug-likeness (QED) is 0.779. The summed E-state index contributed by atoms with van der Waals surface area (Å²) in [6.07, 6.45) is 0. The van der Waals surface area contributed by atoms with E-state index in [4.69, 9.17) is 12.2 Å². The minimum atomic E-state index is -0.260. The molecule has 4 heteroatoms. The van der Waals surface area contributed by atoms with Crippen molar-refractivity contribution >= 4 is 12.2 Å². The lowest BCUT2D eigenvalue weighted by Gasteiger charge is -2.19. The number of rotatable bonds is 1. The molecule has 0 saturated heterocycles. The predicted octanol–water partition coefficient (Wildman–Crippen LogP) is 4.24. The van der Waals surface area contributed by atoms with Crippen molar-refractivity contribution in [1.29, 1.82) is 0 Å². The molecular weight excluding hydrogens is 247 g/mol. The number of benzene rings is 1. The fraction of sp³-hybridized carbons (Fsp3) is 0.286. The fourth-order valence-electron chi connectivity index (χ4n) is 1.61. The number of aromatic nitrogens is 2. The summed E-state index contributed by atoms with van der Waals surface area (Å²) in [4.78, 5) is 7.54. The van der Waals surface area contributed by atoms with E-state index < -0.39 is 0 Å². The molecule has 0 unspecified atom stereocenters. The van der Waals surface area contributed by atoms with Crippen molar-refractivity contribution in [2.45, 2.75) is 26.2 Å².